The van der Waals surface area contributed by atoms with Gasteiger partial charge in [-0.3, -0.25) is 0 Å². The van der Waals surface area contributed by atoms with E-state index in [9.17, 15) is 0 Å². The molecular formula is C22H27N5O2. The first-order valence-electron chi connectivity index (χ1n) is 9.85. The SMILES string of the molecule is COc1cc2nc(N3CCCN(c4ccc(C)cc4)CC3)nc(N)c2cc1OC. The Morgan fingerprint density at radius 2 is 1.52 bits per heavy atom. The van der Waals surface area contributed by atoms with Crippen LogP contribution in [-0.4, -0.2) is 50.4 Å². The molecule has 29 heavy (non-hydrogen) atoms. The standard InChI is InChI=1S/C22H27N5O2/c1-15-5-7-16(8-6-15)26-9-4-10-27(12-11-26)22-24-18-14-20(29-3)19(28-2)13-17(18)21(23)25-22/h5-8,13-14H,4,9-12H2,1-3H3,(H2,23,24,25). The van der Waals surface area contributed by atoms with Gasteiger partial charge in [0.25, 0.3) is 0 Å². The highest BCUT2D eigenvalue weighted by Crippen LogP contribution is 2.34. The zero-order valence-corrected chi connectivity index (χ0v) is 17.2. The van der Waals surface area contributed by atoms with Crippen LogP contribution in [0, 0.1) is 6.92 Å². The molecule has 1 fully saturated rings. The highest BCUT2D eigenvalue weighted by atomic mass is 16.5. The average molecular weight is 393 g/mol. The van der Waals surface area contributed by atoms with E-state index < -0.39 is 0 Å². The Kier molecular flexibility index (Phi) is 5.29. The second-order valence-electron chi connectivity index (χ2n) is 7.30. The van der Waals surface area contributed by atoms with Gasteiger partial charge in [0.05, 0.1) is 19.7 Å². The van der Waals surface area contributed by atoms with Crippen LogP contribution in [0.5, 0.6) is 11.5 Å². The molecule has 1 aromatic heterocycles. The molecule has 1 aliphatic rings. The number of nitrogens with two attached hydrogens (primary N) is 1. The maximum absolute atomic E-state index is 6.27. The molecule has 2 N–H and O–H groups in total. The first-order valence-corrected chi connectivity index (χ1v) is 9.85. The fraction of sp³-hybridized carbons (Fsp3) is 0.364. The number of ether oxygens (including phenoxy) is 2. The van der Waals surface area contributed by atoms with Gasteiger partial charge >= 0.3 is 0 Å². The Bertz CT molecular complexity index is 1010. The van der Waals surface area contributed by atoms with Crippen molar-refractivity contribution in [2.24, 2.45) is 0 Å². The minimum absolute atomic E-state index is 0.450. The molecule has 4 rings (SSSR count). The van der Waals surface area contributed by atoms with Crippen LogP contribution in [-0.2, 0) is 0 Å². The molecule has 3 aromatic rings. The molecule has 0 radical (unpaired) electrons. The molecule has 0 bridgehead atoms. The van der Waals surface area contributed by atoms with E-state index in [-0.39, 0.29) is 0 Å². The summed E-state index contributed by atoms with van der Waals surface area (Å²) in [5, 5.41) is 0.766. The molecule has 0 spiro atoms. The van der Waals surface area contributed by atoms with E-state index in [2.05, 4.69) is 46.0 Å². The van der Waals surface area contributed by atoms with Crippen molar-refractivity contribution in [1.82, 2.24) is 9.97 Å². The largest absolute Gasteiger partial charge is 0.493 e. The third-order valence-corrected chi connectivity index (χ3v) is 5.40. The number of nitrogen functional groups attached to an aromatic ring is 1. The summed E-state index contributed by atoms with van der Waals surface area (Å²) in [4.78, 5) is 14.0. The van der Waals surface area contributed by atoms with Crippen LogP contribution in [0.25, 0.3) is 10.9 Å². The summed E-state index contributed by atoms with van der Waals surface area (Å²) in [6.07, 6.45) is 1.03. The Hall–Kier alpha value is -3.22. The third kappa shape index (κ3) is 3.85. The quantitative estimate of drug-likeness (QED) is 0.729. The first kappa shape index (κ1) is 19.1. The molecule has 2 aromatic carbocycles. The Morgan fingerprint density at radius 1 is 0.862 bits per heavy atom. The first-order chi connectivity index (χ1) is 14.1. The summed E-state index contributed by atoms with van der Waals surface area (Å²) in [6.45, 7) is 5.76. The number of aryl methyl sites for hydroxylation is 1. The summed E-state index contributed by atoms with van der Waals surface area (Å²) in [5.74, 6) is 2.36. The summed E-state index contributed by atoms with van der Waals surface area (Å²) in [7, 11) is 3.22. The molecule has 0 amide bonds. The van der Waals surface area contributed by atoms with Gasteiger partial charge in [-0.15, -0.1) is 0 Å². The van der Waals surface area contributed by atoms with Gasteiger partial charge in [0.15, 0.2) is 11.5 Å². The molecule has 0 aliphatic carbocycles. The summed E-state index contributed by atoms with van der Waals surface area (Å²) < 4.78 is 10.8. The van der Waals surface area contributed by atoms with Crippen molar-refractivity contribution in [3.63, 3.8) is 0 Å². The summed E-state index contributed by atoms with van der Waals surface area (Å²) in [6, 6.07) is 12.4. The predicted molar refractivity (Wildman–Crippen MR) is 117 cm³/mol. The zero-order chi connectivity index (χ0) is 20.4. The van der Waals surface area contributed by atoms with E-state index in [1.807, 2.05) is 12.1 Å². The van der Waals surface area contributed by atoms with E-state index in [0.29, 0.717) is 23.3 Å². The van der Waals surface area contributed by atoms with Gasteiger partial charge in [-0.05, 0) is 31.5 Å². The molecule has 7 heteroatoms. The van der Waals surface area contributed by atoms with E-state index in [0.717, 1.165) is 43.5 Å². The molecule has 2 heterocycles. The Balaban J connectivity index is 1.60. The average Bonchev–Trinajstić information content (AvgIpc) is 2.99. The van der Waals surface area contributed by atoms with Gasteiger partial charge in [0.2, 0.25) is 5.95 Å². The maximum Gasteiger partial charge on any atom is 0.227 e. The van der Waals surface area contributed by atoms with Crippen LogP contribution in [0.4, 0.5) is 17.5 Å². The van der Waals surface area contributed by atoms with Crippen LogP contribution < -0.4 is 25.0 Å². The molecule has 1 aliphatic heterocycles. The van der Waals surface area contributed by atoms with Gasteiger partial charge in [-0.1, -0.05) is 17.7 Å². The lowest BCUT2D eigenvalue weighted by Gasteiger charge is -2.24. The van der Waals surface area contributed by atoms with Crippen LogP contribution in [0.15, 0.2) is 36.4 Å². The van der Waals surface area contributed by atoms with Crippen LogP contribution in [0.3, 0.4) is 0 Å². The van der Waals surface area contributed by atoms with E-state index >= 15 is 0 Å². The minimum Gasteiger partial charge on any atom is -0.493 e. The number of aromatic nitrogens is 2. The number of nitrogens with zero attached hydrogens (tertiary/aromatic N) is 4. The van der Waals surface area contributed by atoms with E-state index in [4.69, 9.17) is 20.2 Å². The van der Waals surface area contributed by atoms with E-state index in [1.54, 1.807) is 14.2 Å². The van der Waals surface area contributed by atoms with Crippen molar-refractivity contribution in [1.29, 1.82) is 0 Å². The van der Waals surface area contributed by atoms with Gasteiger partial charge in [0.1, 0.15) is 5.82 Å². The van der Waals surface area contributed by atoms with Crippen LogP contribution in [0.2, 0.25) is 0 Å². The lowest BCUT2D eigenvalue weighted by Crippen LogP contribution is -2.31. The highest BCUT2D eigenvalue weighted by Gasteiger charge is 2.19. The van der Waals surface area contributed by atoms with E-state index in [1.165, 1.54) is 11.3 Å². The second kappa shape index (κ2) is 8.03. The third-order valence-electron chi connectivity index (χ3n) is 5.40. The van der Waals surface area contributed by atoms with Crippen molar-refractivity contribution in [2.75, 3.05) is 55.9 Å². The topological polar surface area (TPSA) is 76.7 Å². The lowest BCUT2D eigenvalue weighted by molar-refractivity contribution is 0.356. The molecule has 0 atom stereocenters. The fourth-order valence-corrected chi connectivity index (χ4v) is 3.74. The zero-order valence-electron chi connectivity index (χ0n) is 17.2. The number of methoxy groups -OCH3 is 2. The van der Waals surface area contributed by atoms with Crippen molar-refractivity contribution in [2.45, 2.75) is 13.3 Å². The normalized spacial score (nSPS) is 14.7. The second-order valence-corrected chi connectivity index (χ2v) is 7.30. The molecule has 7 nitrogen and oxygen atoms in total. The minimum atomic E-state index is 0.450. The summed E-state index contributed by atoms with van der Waals surface area (Å²) in [5.41, 5.74) is 9.55. The highest BCUT2D eigenvalue weighted by molar-refractivity contribution is 5.91. The van der Waals surface area contributed by atoms with Crippen molar-refractivity contribution in [3.8, 4) is 11.5 Å². The number of rotatable bonds is 4. The molecule has 0 unspecified atom stereocenters. The number of hydrogen-bond acceptors (Lipinski definition) is 7. The van der Waals surface area contributed by atoms with Gasteiger partial charge in [-0.2, -0.15) is 4.98 Å². The number of hydrogen-bond donors (Lipinski definition) is 1. The maximum atomic E-state index is 6.27. The van der Waals surface area contributed by atoms with Crippen LogP contribution >= 0.6 is 0 Å². The fourth-order valence-electron chi connectivity index (χ4n) is 3.74. The number of fused-ring (bicyclic) bond motifs is 1. The number of benzene rings is 2. The smallest absolute Gasteiger partial charge is 0.227 e. The van der Waals surface area contributed by atoms with Crippen LogP contribution in [0.1, 0.15) is 12.0 Å². The number of anilines is 3. The predicted octanol–water partition coefficient (Wildman–Crippen LogP) is 3.25. The molecule has 1 saturated heterocycles. The summed E-state index contributed by atoms with van der Waals surface area (Å²) >= 11 is 0. The van der Waals surface area contributed by atoms with Crippen molar-refractivity contribution < 1.29 is 9.47 Å². The van der Waals surface area contributed by atoms with Crippen molar-refractivity contribution >= 4 is 28.4 Å². The Morgan fingerprint density at radius 3 is 2.24 bits per heavy atom. The molecular weight excluding hydrogens is 366 g/mol. The van der Waals surface area contributed by atoms with Gasteiger partial charge in [-0.25, -0.2) is 4.98 Å². The van der Waals surface area contributed by atoms with Crippen molar-refractivity contribution in [3.05, 3.63) is 42.0 Å². The Labute approximate surface area is 171 Å². The lowest BCUT2D eigenvalue weighted by atomic mass is 10.2. The van der Waals surface area contributed by atoms with Gasteiger partial charge < -0.3 is 25.0 Å². The van der Waals surface area contributed by atoms with Gasteiger partial charge in [0, 0.05) is 43.3 Å². The molecule has 152 valence electrons. The monoisotopic (exact) mass is 393 g/mol. The molecule has 0 saturated carbocycles.